The molecule has 2 nitrogen and oxygen atoms in total. The molecule has 3 unspecified atom stereocenters. The summed E-state index contributed by atoms with van der Waals surface area (Å²) in [6.45, 7) is 4.47. The fraction of sp³-hybridized carbons (Fsp3) is 1.00. The fourth-order valence-electron chi connectivity index (χ4n) is 5.46. The Balaban J connectivity index is 1.80. The third-order valence-corrected chi connectivity index (χ3v) is 6.22. The van der Waals surface area contributed by atoms with Crippen molar-refractivity contribution in [3.8, 4) is 0 Å². The molecular weight excluding hydrogens is 220 g/mol. The minimum Gasteiger partial charge on any atom is -0.329 e. The molecule has 0 aromatic heterocycles. The molecule has 3 saturated carbocycles. The summed E-state index contributed by atoms with van der Waals surface area (Å²) >= 11 is 0. The Morgan fingerprint density at radius 1 is 1.11 bits per heavy atom. The lowest BCUT2D eigenvalue weighted by Gasteiger charge is -2.51. The second-order valence-corrected chi connectivity index (χ2v) is 6.97. The Morgan fingerprint density at radius 3 is 2.39 bits per heavy atom. The molecule has 3 rings (SSSR count). The summed E-state index contributed by atoms with van der Waals surface area (Å²) in [5.74, 6) is 1.91. The van der Waals surface area contributed by atoms with Crippen LogP contribution < -0.4 is 5.73 Å². The van der Waals surface area contributed by atoms with Crippen LogP contribution in [0.5, 0.6) is 0 Å². The van der Waals surface area contributed by atoms with Crippen LogP contribution in [0.2, 0.25) is 0 Å². The molecular formula is C16H30N2. The number of rotatable bonds is 4. The van der Waals surface area contributed by atoms with Gasteiger partial charge in [0.25, 0.3) is 0 Å². The van der Waals surface area contributed by atoms with Crippen LogP contribution in [-0.2, 0) is 0 Å². The molecule has 3 aliphatic rings. The molecule has 3 atom stereocenters. The number of hydrogen-bond donors (Lipinski definition) is 1. The first-order valence-electron chi connectivity index (χ1n) is 8.27. The molecule has 0 amide bonds. The molecule has 0 aromatic carbocycles. The van der Waals surface area contributed by atoms with Gasteiger partial charge in [-0.05, 0) is 50.5 Å². The Bertz CT molecular complexity index is 285. The third-order valence-electron chi connectivity index (χ3n) is 6.22. The zero-order valence-corrected chi connectivity index (χ0v) is 12.0. The molecule has 3 fully saturated rings. The minimum absolute atomic E-state index is 0.389. The van der Waals surface area contributed by atoms with Crippen LogP contribution in [0, 0.1) is 11.8 Å². The van der Waals surface area contributed by atoms with Gasteiger partial charge in [-0.15, -0.1) is 0 Å². The largest absolute Gasteiger partial charge is 0.329 e. The van der Waals surface area contributed by atoms with Gasteiger partial charge in [-0.3, -0.25) is 4.90 Å². The Hall–Kier alpha value is -0.0800. The van der Waals surface area contributed by atoms with E-state index in [1.54, 1.807) is 0 Å². The second-order valence-electron chi connectivity index (χ2n) is 6.97. The summed E-state index contributed by atoms with van der Waals surface area (Å²) in [6.07, 6.45) is 13.0. The van der Waals surface area contributed by atoms with Gasteiger partial charge in [0, 0.05) is 18.1 Å². The van der Waals surface area contributed by atoms with Gasteiger partial charge in [-0.25, -0.2) is 0 Å². The van der Waals surface area contributed by atoms with Crippen LogP contribution in [-0.4, -0.2) is 29.6 Å². The third kappa shape index (κ3) is 1.92. The van der Waals surface area contributed by atoms with Gasteiger partial charge in [0.15, 0.2) is 0 Å². The fourth-order valence-corrected chi connectivity index (χ4v) is 5.46. The lowest BCUT2D eigenvalue weighted by atomic mass is 9.77. The number of fused-ring (bicyclic) bond motifs is 2. The summed E-state index contributed by atoms with van der Waals surface area (Å²) < 4.78 is 0. The Kier molecular flexibility index (Phi) is 3.68. The first kappa shape index (κ1) is 12.9. The van der Waals surface area contributed by atoms with E-state index in [1.165, 1.54) is 64.3 Å². The highest BCUT2D eigenvalue weighted by molar-refractivity contribution is 5.09. The molecule has 0 spiro atoms. The number of nitrogens with zero attached hydrogens (tertiary/aromatic N) is 1. The molecule has 0 saturated heterocycles. The van der Waals surface area contributed by atoms with Crippen molar-refractivity contribution in [2.45, 2.75) is 76.3 Å². The zero-order valence-electron chi connectivity index (χ0n) is 12.0. The van der Waals surface area contributed by atoms with Crippen molar-refractivity contribution in [2.24, 2.45) is 17.6 Å². The van der Waals surface area contributed by atoms with E-state index in [0.29, 0.717) is 5.54 Å². The van der Waals surface area contributed by atoms with Gasteiger partial charge in [0.05, 0.1) is 0 Å². The molecule has 0 heterocycles. The standard InChI is InChI=1S/C16H30N2/c1-2-18(15-6-4-3-5-7-15)16(12-17)11-13-8-9-14(16)10-13/h13-15H,2-12,17H2,1H3. The number of likely N-dealkylation sites (N-methyl/N-ethyl adjacent to an activating group) is 1. The highest BCUT2D eigenvalue weighted by Gasteiger charge is 2.54. The van der Waals surface area contributed by atoms with Gasteiger partial charge in [0.1, 0.15) is 0 Å². The molecule has 2 bridgehead atoms. The SMILES string of the molecule is CCN(C1CCCCC1)C1(CN)CC2CCC1C2. The predicted octanol–water partition coefficient (Wildman–Crippen LogP) is 3.16. The van der Waals surface area contributed by atoms with E-state index in [4.69, 9.17) is 5.73 Å². The summed E-state index contributed by atoms with van der Waals surface area (Å²) in [5, 5.41) is 0. The molecule has 2 heteroatoms. The predicted molar refractivity (Wildman–Crippen MR) is 76.5 cm³/mol. The molecule has 2 N–H and O–H groups in total. The average molecular weight is 250 g/mol. The van der Waals surface area contributed by atoms with Crippen molar-refractivity contribution in [2.75, 3.05) is 13.1 Å². The maximum absolute atomic E-state index is 6.30. The first-order valence-corrected chi connectivity index (χ1v) is 8.27. The minimum atomic E-state index is 0.389. The molecule has 18 heavy (non-hydrogen) atoms. The van der Waals surface area contributed by atoms with Crippen molar-refractivity contribution in [1.82, 2.24) is 4.90 Å². The normalized spacial score (nSPS) is 40.8. The zero-order chi connectivity index (χ0) is 12.6. The average Bonchev–Trinajstić information content (AvgIpc) is 3.02. The topological polar surface area (TPSA) is 29.3 Å². The lowest BCUT2D eigenvalue weighted by Crippen LogP contribution is -2.60. The van der Waals surface area contributed by atoms with Crippen LogP contribution in [0.1, 0.15) is 64.7 Å². The highest BCUT2D eigenvalue weighted by Crippen LogP contribution is 2.54. The van der Waals surface area contributed by atoms with Crippen LogP contribution in [0.3, 0.4) is 0 Å². The summed E-state index contributed by atoms with van der Waals surface area (Å²) in [5.41, 5.74) is 6.69. The van der Waals surface area contributed by atoms with Crippen molar-refractivity contribution >= 4 is 0 Å². The smallest absolute Gasteiger partial charge is 0.0365 e. The number of nitrogens with two attached hydrogens (primary N) is 1. The van der Waals surface area contributed by atoms with E-state index < -0.39 is 0 Å². The second kappa shape index (κ2) is 5.13. The summed E-state index contributed by atoms with van der Waals surface area (Å²) in [4.78, 5) is 2.86. The van der Waals surface area contributed by atoms with E-state index in [2.05, 4.69) is 11.8 Å². The first-order chi connectivity index (χ1) is 8.80. The lowest BCUT2D eigenvalue weighted by molar-refractivity contribution is -0.00330. The van der Waals surface area contributed by atoms with E-state index in [0.717, 1.165) is 24.4 Å². The monoisotopic (exact) mass is 250 g/mol. The van der Waals surface area contributed by atoms with Crippen molar-refractivity contribution in [3.05, 3.63) is 0 Å². The van der Waals surface area contributed by atoms with Crippen molar-refractivity contribution in [1.29, 1.82) is 0 Å². The van der Waals surface area contributed by atoms with Crippen LogP contribution in [0.4, 0.5) is 0 Å². The van der Waals surface area contributed by atoms with Gasteiger partial charge < -0.3 is 5.73 Å². The van der Waals surface area contributed by atoms with Gasteiger partial charge in [0.2, 0.25) is 0 Å². The van der Waals surface area contributed by atoms with Crippen molar-refractivity contribution < 1.29 is 0 Å². The number of hydrogen-bond acceptors (Lipinski definition) is 2. The Morgan fingerprint density at radius 2 is 1.89 bits per heavy atom. The summed E-state index contributed by atoms with van der Waals surface area (Å²) in [6, 6.07) is 0.839. The van der Waals surface area contributed by atoms with Crippen molar-refractivity contribution in [3.63, 3.8) is 0 Å². The van der Waals surface area contributed by atoms with Crippen LogP contribution in [0.25, 0.3) is 0 Å². The van der Waals surface area contributed by atoms with Crippen LogP contribution in [0.15, 0.2) is 0 Å². The van der Waals surface area contributed by atoms with Gasteiger partial charge in [-0.1, -0.05) is 32.6 Å². The van der Waals surface area contributed by atoms with Gasteiger partial charge in [-0.2, -0.15) is 0 Å². The highest BCUT2D eigenvalue weighted by atomic mass is 15.2. The van der Waals surface area contributed by atoms with E-state index in [1.807, 2.05) is 0 Å². The maximum Gasteiger partial charge on any atom is 0.0365 e. The van der Waals surface area contributed by atoms with E-state index in [9.17, 15) is 0 Å². The molecule has 104 valence electrons. The molecule has 0 aromatic rings. The van der Waals surface area contributed by atoms with Gasteiger partial charge >= 0.3 is 0 Å². The molecule has 0 radical (unpaired) electrons. The van der Waals surface area contributed by atoms with Crippen LogP contribution >= 0.6 is 0 Å². The van der Waals surface area contributed by atoms with E-state index >= 15 is 0 Å². The molecule has 3 aliphatic carbocycles. The summed E-state index contributed by atoms with van der Waals surface area (Å²) in [7, 11) is 0. The van der Waals surface area contributed by atoms with E-state index in [-0.39, 0.29) is 0 Å². The maximum atomic E-state index is 6.30. The quantitative estimate of drug-likeness (QED) is 0.830. The molecule has 0 aliphatic heterocycles. The Labute approximate surface area is 112 Å².